The lowest BCUT2D eigenvalue weighted by Crippen LogP contribution is -2.55. The number of aromatic nitrogens is 2. The number of nitrogens with one attached hydrogen (secondary N) is 3. The maximum atomic E-state index is 12.9. The van der Waals surface area contributed by atoms with Gasteiger partial charge in [-0.2, -0.15) is 0 Å². The fourth-order valence-corrected chi connectivity index (χ4v) is 4.05. The number of benzene rings is 1. The first kappa shape index (κ1) is 26.5. The molecule has 2 aromatic rings. The second kappa shape index (κ2) is 11.1. The number of H-pyrrole nitrogens is 1. The van der Waals surface area contributed by atoms with Crippen LogP contribution in [0.5, 0.6) is 5.75 Å². The minimum Gasteiger partial charge on any atom is -0.489 e. The number of hydrogen-bond donors (Lipinski definition) is 3. The summed E-state index contributed by atoms with van der Waals surface area (Å²) < 4.78 is 12.1. The number of carbonyl (C=O) groups excluding carboxylic acids is 1. The first-order valence-electron chi connectivity index (χ1n) is 11.1. The van der Waals surface area contributed by atoms with Crippen LogP contribution in [-0.2, 0) is 4.74 Å². The van der Waals surface area contributed by atoms with Crippen molar-refractivity contribution in [3.63, 3.8) is 0 Å². The molecule has 12 heteroatoms. The standard InChI is InChI=1S/C22H32BrClN6O4/c1-22(2,3)34-21(32)30-9-7-25-13(11-30)12-33-18-16-15(10-14(23)17(18)24)27-20(28-19(16)31)26-6-8-29(4)5/h10,13,25H,6-9,11-12H2,1-5H3,(H2,26,27,28,31)/t13-/m0/s1. The number of piperazine rings is 1. The zero-order chi connectivity index (χ0) is 25.0. The van der Waals surface area contributed by atoms with Crippen molar-refractivity contribution >= 4 is 50.5 Å². The second-order valence-electron chi connectivity index (χ2n) is 9.43. The number of fused-ring (bicyclic) bond motifs is 1. The molecule has 0 bridgehead atoms. The van der Waals surface area contributed by atoms with Crippen molar-refractivity contribution in [2.24, 2.45) is 0 Å². The third-order valence-electron chi connectivity index (χ3n) is 5.03. The summed E-state index contributed by atoms with van der Waals surface area (Å²) in [6, 6.07) is 1.53. The van der Waals surface area contributed by atoms with E-state index in [4.69, 9.17) is 21.1 Å². The summed E-state index contributed by atoms with van der Waals surface area (Å²) >= 11 is 9.93. The Hall–Kier alpha value is -2.08. The Morgan fingerprint density at radius 1 is 1.41 bits per heavy atom. The first-order valence-corrected chi connectivity index (χ1v) is 12.3. The zero-order valence-corrected chi connectivity index (χ0v) is 22.5. The van der Waals surface area contributed by atoms with Crippen molar-refractivity contribution < 1.29 is 14.3 Å². The number of likely N-dealkylation sites (N-methyl/N-ethyl adjacent to an activating group) is 1. The third kappa shape index (κ3) is 6.97. The van der Waals surface area contributed by atoms with Crippen LogP contribution in [0, 0.1) is 0 Å². The van der Waals surface area contributed by atoms with Gasteiger partial charge < -0.3 is 29.9 Å². The van der Waals surface area contributed by atoms with Crippen LogP contribution in [0.1, 0.15) is 20.8 Å². The number of anilines is 1. The molecule has 1 aromatic carbocycles. The fraction of sp³-hybridized carbons (Fsp3) is 0.591. The van der Waals surface area contributed by atoms with Crippen LogP contribution in [0.4, 0.5) is 10.7 Å². The SMILES string of the molecule is CN(C)CCNc1nc2cc(Br)c(Cl)c(OC[C@@H]3CN(C(=O)OC(C)(C)C)CCN3)c2c(=O)[nH]1. The van der Waals surface area contributed by atoms with Crippen LogP contribution < -0.4 is 20.9 Å². The van der Waals surface area contributed by atoms with E-state index in [0.717, 1.165) is 6.54 Å². The minimum atomic E-state index is -0.565. The summed E-state index contributed by atoms with van der Waals surface area (Å²) in [5.74, 6) is 0.622. The van der Waals surface area contributed by atoms with Gasteiger partial charge in [0.15, 0.2) is 5.75 Å². The molecule has 1 amide bonds. The summed E-state index contributed by atoms with van der Waals surface area (Å²) in [6.07, 6.45) is -0.361. The molecule has 0 unspecified atom stereocenters. The van der Waals surface area contributed by atoms with Crippen LogP contribution >= 0.6 is 27.5 Å². The van der Waals surface area contributed by atoms with Crippen LogP contribution in [0.2, 0.25) is 5.02 Å². The minimum absolute atomic E-state index is 0.162. The molecule has 1 aliphatic rings. The Bertz CT molecular complexity index is 1090. The number of amides is 1. The summed E-state index contributed by atoms with van der Waals surface area (Å²) in [5, 5.41) is 7.01. The van der Waals surface area contributed by atoms with E-state index in [1.807, 2.05) is 39.8 Å². The topological polar surface area (TPSA) is 112 Å². The molecule has 1 fully saturated rings. The van der Waals surface area contributed by atoms with E-state index in [2.05, 4.69) is 36.5 Å². The van der Waals surface area contributed by atoms with Gasteiger partial charge in [0.2, 0.25) is 5.95 Å². The van der Waals surface area contributed by atoms with Crippen LogP contribution in [0.25, 0.3) is 10.9 Å². The van der Waals surface area contributed by atoms with Gasteiger partial charge in [0, 0.05) is 37.2 Å². The highest BCUT2D eigenvalue weighted by atomic mass is 79.9. The zero-order valence-electron chi connectivity index (χ0n) is 20.1. The predicted octanol–water partition coefficient (Wildman–Crippen LogP) is 2.90. The summed E-state index contributed by atoms with van der Waals surface area (Å²) in [6.45, 7) is 8.67. The molecule has 0 radical (unpaired) electrons. The lowest BCUT2D eigenvalue weighted by atomic mass is 10.2. The number of halogens is 2. The van der Waals surface area contributed by atoms with E-state index in [1.54, 1.807) is 11.0 Å². The largest absolute Gasteiger partial charge is 0.489 e. The van der Waals surface area contributed by atoms with Gasteiger partial charge >= 0.3 is 6.09 Å². The van der Waals surface area contributed by atoms with Gasteiger partial charge in [-0.15, -0.1) is 0 Å². The van der Waals surface area contributed by atoms with E-state index in [1.165, 1.54) is 0 Å². The highest BCUT2D eigenvalue weighted by Gasteiger charge is 2.28. The number of hydrogen-bond acceptors (Lipinski definition) is 8. The van der Waals surface area contributed by atoms with Gasteiger partial charge in [-0.3, -0.25) is 9.78 Å². The molecular weight excluding hydrogens is 528 g/mol. The number of aromatic amines is 1. The van der Waals surface area contributed by atoms with Gasteiger partial charge in [-0.05, 0) is 56.9 Å². The van der Waals surface area contributed by atoms with Crippen molar-refractivity contribution in [3.05, 3.63) is 25.9 Å². The smallest absolute Gasteiger partial charge is 0.410 e. The highest BCUT2D eigenvalue weighted by Crippen LogP contribution is 2.37. The molecule has 188 valence electrons. The number of ether oxygens (including phenoxy) is 2. The molecule has 2 heterocycles. The quantitative estimate of drug-likeness (QED) is 0.475. The van der Waals surface area contributed by atoms with Crippen LogP contribution in [0.15, 0.2) is 15.3 Å². The van der Waals surface area contributed by atoms with E-state index < -0.39 is 5.60 Å². The van der Waals surface area contributed by atoms with Crippen LogP contribution in [0.3, 0.4) is 0 Å². The van der Waals surface area contributed by atoms with Crippen LogP contribution in [-0.4, -0.2) is 90.9 Å². The van der Waals surface area contributed by atoms with Gasteiger partial charge in [0.05, 0.1) is 16.6 Å². The number of rotatable bonds is 7. The fourth-order valence-electron chi connectivity index (χ4n) is 3.45. The van der Waals surface area contributed by atoms with Gasteiger partial charge in [0.25, 0.3) is 5.56 Å². The summed E-state index contributed by atoms with van der Waals surface area (Å²) in [5.41, 5.74) is -0.464. The molecule has 10 nitrogen and oxygen atoms in total. The Kier molecular flexibility index (Phi) is 8.66. The van der Waals surface area contributed by atoms with E-state index in [-0.39, 0.29) is 40.5 Å². The molecule has 1 saturated heterocycles. The molecular formula is C22H32BrClN6O4. The third-order valence-corrected chi connectivity index (χ3v) is 6.26. The Labute approximate surface area is 212 Å². The van der Waals surface area contributed by atoms with Gasteiger partial charge in [0.1, 0.15) is 17.6 Å². The average Bonchev–Trinajstić information content (AvgIpc) is 2.73. The van der Waals surface area contributed by atoms with Crippen molar-refractivity contribution in [1.29, 1.82) is 0 Å². The molecule has 3 rings (SSSR count). The highest BCUT2D eigenvalue weighted by molar-refractivity contribution is 9.10. The number of nitrogens with zero attached hydrogens (tertiary/aromatic N) is 3. The maximum absolute atomic E-state index is 12.9. The maximum Gasteiger partial charge on any atom is 0.410 e. The number of carbonyl (C=O) groups is 1. The van der Waals surface area contributed by atoms with E-state index in [0.29, 0.717) is 42.1 Å². The average molecular weight is 560 g/mol. The van der Waals surface area contributed by atoms with E-state index in [9.17, 15) is 9.59 Å². The Balaban J connectivity index is 1.76. The second-order valence-corrected chi connectivity index (χ2v) is 10.7. The Morgan fingerprint density at radius 3 is 2.82 bits per heavy atom. The molecule has 1 aromatic heterocycles. The molecule has 1 atom stereocenters. The first-order chi connectivity index (χ1) is 15.9. The van der Waals surface area contributed by atoms with Crippen molar-refractivity contribution in [2.45, 2.75) is 32.4 Å². The van der Waals surface area contributed by atoms with Crippen molar-refractivity contribution in [3.8, 4) is 5.75 Å². The molecule has 34 heavy (non-hydrogen) atoms. The predicted molar refractivity (Wildman–Crippen MR) is 137 cm³/mol. The van der Waals surface area contributed by atoms with Crippen molar-refractivity contribution in [1.82, 2.24) is 25.1 Å². The van der Waals surface area contributed by atoms with E-state index >= 15 is 0 Å². The monoisotopic (exact) mass is 558 g/mol. The molecule has 0 aliphatic carbocycles. The summed E-state index contributed by atoms with van der Waals surface area (Å²) in [4.78, 5) is 36.3. The van der Waals surface area contributed by atoms with Gasteiger partial charge in [-0.25, -0.2) is 9.78 Å². The van der Waals surface area contributed by atoms with Crippen molar-refractivity contribution in [2.75, 3.05) is 58.7 Å². The normalized spacial score (nSPS) is 16.7. The Morgan fingerprint density at radius 2 is 2.15 bits per heavy atom. The van der Waals surface area contributed by atoms with Gasteiger partial charge in [-0.1, -0.05) is 11.6 Å². The lowest BCUT2D eigenvalue weighted by Gasteiger charge is -2.34. The molecule has 3 N–H and O–H groups in total. The molecule has 1 aliphatic heterocycles. The molecule has 0 saturated carbocycles. The molecule has 0 spiro atoms. The lowest BCUT2D eigenvalue weighted by molar-refractivity contribution is 0.0178. The summed E-state index contributed by atoms with van der Waals surface area (Å²) in [7, 11) is 3.93.